The number of amides is 1. The highest BCUT2D eigenvalue weighted by molar-refractivity contribution is 7.92. The Hall–Kier alpha value is -1.11. The minimum atomic E-state index is -3.57. The molecule has 0 atom stereocenters. The summed E-state index contributed by atoms with van der Waals surface area (Å²) >= 11 is 0. The first-order valence-electron chi connectivity index (χ1n) is 4.37. The highest BCUT2D eigenvalue weighted by atomic mass is 32.2. The van der Waals surface area contributed by atoms with Crippen LogP contribution in [0.5, 0.6) is 0 Å². The van der Waals surface area contributed by atoms with Crippen molar-refractivity contribution in [2.75, 3.05) is 25.6 Å². The van der Waals surface area contributed by atoms with Crippen molar-refractivity contribution in [2.24, 2.45) is 0 Å². The second-order valence-corrected chi connectivity index (χ2v) is 5.56. The van der Waals surface area contributed by atoms with E-state index in [9.17, 15) is 18.0 Å². The molecular formula is C8H15NO5S. The van der Waals surface area contributed by atoms with Crippen LogP contribution < -0.4 is 0 Å². The second kappa shape index (κ2) is 5.69. The molecule has 0 spiro atoms. The molecule has 0 rings (SSSR count). The largest absolute Gasteiger partial charge is 0.480 e. The Balaban J connectivity index is 3.96. The number of carbonyl (C=O) groups is 2. The van der Waals surface area contributed by atoms with Crippen LogP contribution in [0.4, 0.5) is 0 Å². The summed E-state index contributed by atoms with van der Waals surface area (Å²) in [7, 11) is -0.418. The van der Waals surface area contributed by atoms with E-state index in [4.69, 9.17) is 5.11 Å². The summed E-state index contributed by atoms with van der Waals surface area (Å²) < 4.78 is 22.2. The van der Waals surface area contributed by atoms with Crippen molar-refractivity contribution in [1.82, 2.24) is 4.90 Å². The first-order valence-corrected chi connectivity index (χ1v) is 6.19. The van der Waals surface area contributed by atoms with E-state index in [-0.39, 0.29) is 24.5 Å². The quantitative estimate of drug-likeness (QED) is 0.663. The summed E-state index contributed by atoms with van der Waals surface area (Å²) in [6.45, 7) is 0. The lowest BCUT2D eigenvalue weighted by molar-refractivity contribution is -0.134. The first kappa shape index (κ1) is 13.9. The van der Waals surface area contributed by atoms with Gasteiger partial charge in [0.15, 0.2) is 9.84 Å². The average molecular weight is 237 g/mol. The SMILES string of the molecule is CN(C)C(=O)CCCS(=O)(=O)CC(=O)O. The van der Waals surface area contributed by atoms with Crippen molar-refractivity contribution in [3.63, 3.8) is 0 Å². The molecular weight excluding hydrogens is 222 g/mol. The molecule has 0 radical (unpaired) electrons. The molecule has 0 heterocycles. The second-order valence-electron chi connectivity index (χ2n) is 3.38. The molecule has 0 aliphatic carbocycles. The van der Waals surface area contributed by atoms with Gasteiger partial charge < -0.3 is 10.0 Å². The predicted molar refractivity (Wildman–Crippen MR) is 54.2 cm³/mol. The molecule has 0 saturated carbocycles. The molecule has 0 aromatic rings. The Morgan fingerprint density at radius 1 is 1.27 bits per heavy atom. The number of nitrogens with zero attached hydrogens (tertiary/aromatic N) is 1. The van der Waals surface area contributed by atoms with Gasteiger partial charge in [0.2, 0.25) is 5.91 Å². The summed E-state index contributed by atoms with van der Waals surface area (Å²) in [4.78, 5) is 22.6. The molecule has 7 heteroatoms. The molecule has 1 N–H and O–H groups in total. The van der Waals surface area contributed by atoms with Crippen LogP contribution in [0.25, 0.3) is 0 Å². The molecule has 1 amide bonds. The lowest BCUT2D eigenvalue weighted by Crippen LogP contribution is -2.23. The maximum atomic E-state index is 11.1. The van der Waals surface area contributed by atoms with Crippen molar-refractivity contribution >= 4 is 21.7 Å². The maximum absolute atomic E-state index is 11.1. The molecule has 0 fully saturated rings. The van der Waals surface area contributed by atoms with Crippen molar-refractivity contribution in [2.45, 2.75) is 12.8 Å². The van der Waals surface area contributed by atoms with Crippen LogP contribution in [0.1, 0.15) is 12.8 Å². The normalized spacial score (nSPS) is 11.1. The Morgan fingerprint density at radius 2 is 1.80 bits per heavy atom. The van der Waals surface area contributed by atoms with Crippen molar-refractivity contribution in [3.8, 4) is 0 Å². The maximum Gasteiger partial charge on any atom is 0.318 e. The van der Waals surface area contributed by atoms with Gasteiger partial charge in [0.05, 0.1) is 5.75 Å². The van der Waals surface area contributed by atoms with Crippen LogP contribution in [0, 0.1) is 0 Å². The minimum absolute atomic E-state index is 0.117. The van der Waals surface area contributed by atoms with E-state index in [1.54, 1.807) is 14.1 Å². The molecule has 0 saturated heterocycles. The average Bonchev–Trinajstić information content (AvgIpc) is 2.00. The van der Waals surface area contributed by atoms with Gasteiger partial charge >= 0.3 is 5.97 Å². The molecule has 88 valence electrons. The lowest BCUT2D eigenvalue weighted by atomic mass is 10.3. The Morgan fingerprint density at radius 3 is 2.20 bits per heavy atom. The molecule has 15 heavy (non-hydrogen) atoms. The van der Waals surface area contributed by atoms with E-state index < -0.39 is 21.6 Å². The molecule has 0 unspecified atom stereocenters. The molecule has 0 aromatic heterocycles. The number of sulfone groups is 1. The van der Waals surface area contributed by atoms with E-state index in [1.807, 2.05) is 0 Å². The van der Waals surface area contributed by atoms with Gasteiger partial charge in [0.1, 0.15) is 5.75 Å². The fourth-order valence-electron chi connectivity index (χ4n) is 0.927. The van der Waals surface area contributed by atoms with Crippen LogP contribution >= 0.6 is 0 Å². The topological polar surface area (TPSA) is 91.8 Å². The third-order valence-electron chi connectivity index (χ3n) is 1.69. The van der Waals surface area contributed by atoms with Gasteiger partial charge in [-0.15, -0.1) is 0 Å². The van der Waals surface area contributed by atoms with Crippen LogP contribution in [-0.2, 0) is 19.4 Å². The van der Waals surface area contributed by atoms with Gasteiger partial charge in [-0.25, -0.2) is 8.42 Å². The number of carbonyl (C=O) groups excluding carboxylic acids is 1. The monoisotopic (exact) mass is 237 g/mol. The highest BCUT2D eigenvalue weighted by Crippen LogP contribution is 1.99. The summed E-state index contributed by atoms with van der Waals surface area (Å²) in [5, 5.41) is 8.29. The highest BCUT2D eigenvalue weighted by Gasteiger charge is 2.16. The van der Waals surface area contributed by atoms with Crippen molar-refractivity contribution in [1.29, 1.82) is 0 Å². The summed E-state index contributed by atoms with van der Waals surface area (Å²) in [6, 6.07) is 0. The zero-order valence-corrected chi connectivity index (χ0v) is 9.58. The Bertz CT molecular complexity index is 333. The predicted octanol–water partition coefficient (Wildman–Crippen LogP) is -0.646. The minimum Gasteiger partial charge on any atom is -0.480 e. The molecule has 0 bridgehead atoms. The van der Waals surface area contributed by atoms with Gasteiger partial charge in [-0.2, -0.15) is 0 Å². The van der Waals surface area contributed by atoms with E-state index in [2.05, 4.69) is 0 Å². The standard InChI is InChI=1S/C8H15NO5S/c1-9(2)7(10)4-3-5-15(13,14)6-8(11)12/h3-6H2,1-2H3,(H,11,12). The van der Waals surface area contributed by atoms with E-state index in [1.165, 1.54) is 4.90 Å². The van der Waals surface area contributed by atoms with Crippen LogP contribution in [0.2, 0.25) is 0 Å². The van der Waals surface area contributed by atoms with E-state index in [0.717, 1.165) is 0 Å². The third-order valence-corrected chi connectivity index (χ3v) is 3.29. The Labute approximate surface area is 88.8 Å². The van der Waals surface area contributed by atoms with Crippen LogP contribution in [0.15, 0.2) is 0 Å². The molecule has 0 aliphatic rings. The summed E-state index contributed by atoms with van der Waals surface area (Å²) in [5.74, 6) is -2.67. The van der Waals surface area contributed by atoms with Crippen molar-refractivity contribution < 1.29 is 23.1 Å². The number of hydrogen-bond donors (Lipinski definition) is 1. The van der Waals surface area contributed by atoms with Gasteiger partial charge in [0, 0.05) is 20.5 Å². The lowest BCUT2D eigenvalue weighted by Gasteiger charge is -2.09. The number of carboxylic acid groups (broad SMARTS) is 1. The van der Waals surface area contributed by atoms with E-state index >= 15 is 0 Å². The van der Waals surface area contributed by atoms with Crippen molar-refractivity contribution in [3.05, 3.63) is 0 Å². The fraction of sp³-hybridized carbons (Fsp3) is 0.750. The Kier molecular flexibility index (Phi) is 5.27. The fourth-order valence-corrected chi connectivity index (χ4v) is 2.03. The zero-order valence-electron chi connectivity index (χ0n) is 8.76. The third kappa shape index (κ3) is 6.89. The van der Waals surface area contributed by atoms with Crippen LogP contribution in [-0.4, -0.2) is 55.9 Å². The van der Waals surface area contributed by atoms with Gasteiger partial charge in [-0.1, -0.05) is 0 Å². The number of rotatable bonds is 6. The van der Waals surface area contributed by atoms with Gasteiger partial charge in [0.25, 0.3) is 0 Å². The molecule has 0 aromatic carbocycles. The number of hydrogen-bond acceptors (Lipinski definition) is 4. The molecule has 0 aliphatic heterocycles. The van der Waals surface area contributed by atoms with Crippen LogP contribution in [0.3, 0.4) is 0 Å². The van der Waals surface area contributed by atoms with E-state index in [0.29, 0.717) is 0 Å². The van der Waals surface area contributed by atoms with Gasteiger partial charge in [-0.05, 0) is 6.42 Å². The summed E-state index contributed by atoms with van der Waals surface area (Å²) in [5.41, 5.74) is 0. The number of aliphatic carboxylic acids is 1. The number of carboxylic acids is 1. The van der Waals surface area contributed by atoms with Gasteiger partial charge in [-0.3, -0.25) is 9.59 Å². The first-order chi connectivity index (χ1) is 6.74. The molecule has 6 nitrogen and oxygen atoms in total. The zero-order chi connectivity index (χ0) is 12.1. The smallest absolute Gasteiger partial charge is 0.318 e. The summed E-state index contributed by atoms with van der Waals surface area (Å²) in [6.07, 6.45) is 0.276.